The Hall–Kier alpha value is -0.670. The Morgan fingerprint density at radius 1 is 1.22 bits per heavy atom. The fourth-order valence-electron chi connectivity index (χ4n) is 2.36. The van der Waals surface area contributed by atoms with Gasteiger partial charge in [0, 0.05) is 18.4 Å². The van der Waals surface area contributed by atoms with Gasteiger partial charge >= 0.3 is 0 Å². The van der Waals surface area contributed by atoms with Gasteiger partial charge in [-0.25, -0.2) is 9.97 Å². The fourth-order valence-corrected chi connectivity index (χ4v) is 2.64. The summed E-state index contributed by atoms with van der Waals surface area (Å²) in [6.07, 6.45) is 6.47. The Labute approximate surface area is 114 Å². The number of hydrogen-bond donors (Lipinski definition) is 0. The SMILES string of the molecule is CCC(C)(OC)c1nc(Cl)c2c(n1)CCCCC2. The van der Waals surface area contributed by atoms with Crippen molar-refractivity contribution in [3.8, 4) is 0 Å². The first-order valence-corrected chi connectivity index (χ1v) is 7.09. The molecule has 0 aromatic carbocycles. The second-order valence-electron chi connectivity index (χ2n) is 5.11. The van der Waals surface area contributed by atoms with Crippen molar-refractivity contribution >= 4 is 11.6 Å². The van der Waals surface area contributed by atoms with Crippen LogP contribution >= 0.6 is 11.6 Å². The van der Waals surface area contributed by atoms with E-state index >= 15 is 0 Å². The number of aromatic nitrogens is 2. The van der Waals surface area contributed by atoms with Crippen molar-refractivity contribution in [2.75, 3.05) is 7.11 Å². The third kappa shape index (κ3) is 2.52. The molecule has 0 radical (unpaired) electrons. The maximum atomic E-state index is 6.33. The van der Waals surface area contributed by atoms with E-state index in [0.29, 0.717) is 5.15 Å². The molecule has 0 saturated carbocycles. The molecule has 1 atom stereocenters. The van der Waals surface area contributed by atoms with Gasteiger partial charge in [-0.1, -0.05) is 24.9 Å². The van der Waals surface area contributed by atoms with Crippen molar-refractivity contribution < 1.29 is 4.74 Å². The second-order valence-corrected chi connectivity index (χ2v) is 5.47. The van der Waals surface area contributed by atoms with Crippen molar-refractivity contribution in [3.63, 3.8) is 0 Å². The first kappa shape index (κ1) is 13.8. The molecule has 4 heteroatoms. The molecule has 0 bridgehead atoms. The molecule has 1 aliphatic rings. The predicted octanol–water partition coefficient (Wildman–Crippen LogP) is 3.67. The van der Waals surface area contributed by atoms with Crippen molar-refractivity contribution in [3.05, 3.63) is 22.2 Å². The molecule has 1 unspecified atom stereocenters. The number of nitrogens with zero attached hydrogens (tertiary/aromatic N) is 2. The van der Waals surface area contributed by atoms with Gasteiger partial charge in [0.05, 0.1) is 0 Å². The molecule has 0 fully saturated rings. The summed E-state index contributed by atoms with van der Waals surface area (Å²) in [5, 5.41) is 0.619. The summed E-state index contributed by atoms with van der Waals surface area (Å²) >= 11 is 6.33. The van der Waals surface area contributed by atoms with Crippen LogP contribution in [0.4, 0.5) is 0 Å². The van der Waals surface area contributed by atoms with Crippen LogP contribution in [-0.2, 0) is 23.2 Å². The van der Waals surface area contributed by atoms with Gasteiger partial charge in [-0.2, -0.15) is 0 Å². The van der Waals surface area contributed by atoms with Crippen LogP contribution in [0.25, 0.3) is 0 Å². The number of hydrogen-bond acceptors (Lipinski definition) is 3. The summed E-state index contributed by atoms with van der Waals surface area (Å²) in [6.45, 7) is 4.09. The maximum Gasteiger partial charge on any atom is 0.161 e. The van der Waals surface area contributed by atoms with Gasteiger partial charge in [-0.05, 0) is 39.0 Å². The summed E-state index contributed by atoms with van der Waals surface area (Å²) in [6, 6.07) is 0. The molecule has 100 valence electrons. The highest BCUT2D eigenvalue weighted by Gasteiger charge is 2.29. The molecule has 0 saturated heterocycles. The Morgan fingerprint density at radius 3 is 2.61 bits per heavy atom. The molecule has 1 aromatic heterocycles. The third-order valence-corrected chi connectivity index (χ3v) is 4.29. The first-order chi connectivity index (χ1) is 8.60. The zero-order valence-corrected chi connectivity index (χ0v) is 12.2. The summed E-state index contributed by atoms with van der Waals surface area (Å²) in [7, 11) is 1.70. The van der Waals surface area contributed by atoms with Crippen LogP contribution in [0.15, 0.2) is 0 Å². The van der Waals surface area contributed by atoms with Gasteiger partial charge in [0.25, 0.3) is 0 Å². The zero-order valence-electron chi connectivity index (χ0n) is 11.4. The lowest BCUT2D eigenvalue weighted by molar-refractivity contribution is -0.00917. The number of aryl methyl sites for hydroxylation is 1. The van der Waals surface area contributed by atoms with Gasteiger partial charge in [0.2, 0.25) is 0 Å². The van der Waals surface area contributed by atoms with Crippen LogP contribution < -0.4 is 0 Å². The van der Waals surface area contributed by atoms with E-state index in [1.54, 1.807) is 7.11 Å². The molecule has 0 spiro atoms. The average molecular weight is 269 g/mol. The highest BCUT2D eigenvalue weighted by atomic mass is 35.5. The van der Waals surface area contributed by atoms with E-state index in [9.17, 15) is 0 Å². The van der Waals surface area contributed by atoms with E-state index in [-0.39, 0.29) is 0 Å². The van der Waals surface area contributed by atoms with E-state index in [1.807, 2.05) is 6.92 Å². The predicted molar refractivity (Wildman–Crippen MR) is 73.0 cm³/mol. The minimum Gasteiger partial charge on any atom is -0.371 e. The van der Waals surface area contributed by atoms with Crippen LogP contribution in [0.5, 0.6) is 0 Å². The van der Waals surface area contributed by atoms with Crippen LogP contribution in [0, 0.1) is 0 Å². The number of ether oxygens (including phenoxy) is 1. The number of fused-ring (bicyclic) bond motifs is 1. The summed E-state index contributed by atoms with van der Waals surface area (Å²) < 4.78 is 5.57. The summed E-state index contributed by atoms with van der Waals surface area (Å²) in [4.78, 5) is 9.20. The van der Waals surface area contributed by atoms with E-state index in [0.717, 1.165) is 36.3 Å². The van der Waals surface area contributed by atoms with Gasteiger partial charge in [-0.15, -0.1) is 0 Å². The molecule has 2 rings (SSSR count). The lowest BCUT2D eigenvalue weighted by atomic mass is 10.0. The summed E-state index contributed by atoms with van der Waals surface area (Å²) in [5.74, 6) is 0.721. The van der Waals surface area contributed by atoms with Crippen molar-refractivity contribution in [2.24, 2.45) is 0 Å². The molecular formula is C14H21ClN2O. The number of methoxy groups -OCH3 is 1. The molecule has 1 aromatic rings. The van der Waals surface area contributed by atoms with Gasteiger partial charge < -0.3 is 4.74 Å². The van der Waals surface area contributed by atoms with Crippen LogP contribution in [0.3, 0.4) is 0 Å². The first-order valence-electron chi connectivity index (χ1n) is 6.71. The van der Waals surface area contributed by atoms with Gasteiger partial charge in [0.15, 0.2) is 5.82 Å². The van der Waals surface area contributed by atoms with Crippen molar-refractivity contribution in [2.45, 2.75) is 58.0 Å². The minimum absolute atomic E-state index is 0.440. The molecular weight excluding hydrogens is 248 g/mol. The Kier molecular flexibility index (Phi) is 4.23. The molecule has 0 amide bonds. The smallest absolute Gasteiger partial charge is 0.161 e. The molecule has 1 heterocycles. The zero-order chi connectivity index (χ0) is 13.2. The Bertz CT molecular complexity index is 430. The van der Waals surface area contributed by atoms with Crippen LogP contribution in [-0.4, -0.2) is 17.1 Å². The maximum absolute atomic E-state index is 6.33. The highest BCUT2D eigenvalue weighted by Crippen LogP contribution is 2.30. The summed E-state index contributed by atoms with van der Waals surface area (Å²) in [5.41, 5.74) is 1.83. The minimum atomic E-state index is -0.440. The lowest BCUT2D eigenvalue weighted by Gasteiger charge is -2.26. The van der Waals surface area contributed by atoms with E-state index in [4.69, 9.17) is 21.3 Å². The van der Waals surface area contributed by atoms with Gasteiger partial charge in [-0.3, -0.25) is 0 Å². The second kappa shape index (κ2) is 5.54. The lowest BCUT2D eigenvalue weighted by Crippen LogP contribution is -2.27. The van der Waals surface area contributed by atoms with Crippen molar-refractivity contribution in [1.82, 2.24) is 9.97 Å². The largest absolute Gasteiger partial charge is 0.371 e. The number of halogens is 1. The fraction of sp³-hybridized carbons (Fsp3) is 0.714. The standard InChI is InChI=1S/C14H21ClN2O/c1-4-14(2,18-3)13-16-11-9-7-5-6-8-10(11)12(15)17-13/h4-9H2,1-3H3. The quantitative estimate of drug-likeness (QED) is 0.620. The Morgan fingerprint density at radius 2 is 1.94 bits per heavy atom. The average Bonchev–Trinajstić information content (AvgIpc) is 2.63. The van der Waals surface area contributed by atoms with E-state index in [1.165, 1.54) is 19.3 Å². The van der Waals surface area contributed by atoms with E-state index < -0.39 is 5.60 Å². The van der Waals surface area contributed by atoms with E-state index in [2.05, 4.69) is 11.9 Å². The number of rotatable bonds is 3. The van der Waals surface area contributed by atoms with Crippen molar-refractivity contribution in [1.29, 1.82) is 0 Å². The molecule has 3 nitrogen and oxygen atoms in total. The van der Waals surface area contributed by atoms with Crippen LogP contribution in [0.1, 0.15) is 56.6 Å². The topological polar surface area (TPSA) is 35.0 Å². The molecule has 18 heavy (non-hydrogen) atoms. The highest BCUT2D eigenvalue weighted by molar-refractivity contribution is 6.30. The van der Waals surface area contributed by atoms with Crippen LogP contribution in [0.2, 0.25) is 5.15 Å². The Balaban J connectivity index is 2.46. The molecule has 0 N–H and O–H groups in total. The molecule has 0 aliphatic heterocycles. The normalized spacial score (nSPS) is 18.9. The monoisotopic (exact) mass is 268 g/mol. The van der Waals surface area contributed by atoms with Gasteiger partial charge in [0.1, 0.15) is 10.8 Å². The molecule has 1 aliphatic carbocycles. The third-order valence-electron chi connectivity index (χ3n) is 3.98.